The molecule has 0 fully saturated rings. The van der Waals surface area contributed by atoms with Crippen LogP contribution in [0.2, 0.25) is 0 Å². The van der Waals surface area contributed by atoms with E-state index in [-0.39, 0.29) is 4.90 Å². The van der Waals surface area contributed by atoms with E-state index >= 15 is 0 Å². The quantitative estimate of drug-likeness (QED) is 0.898. The summed E-state index contributed by atoms with van der Waals surface area (Å²) in [6.45, 7) is 3.97. The molecule has 1 N–H and O–H groups in total. The van der Waals surface area contributed by atoms with Crippen LogP contribution in [0.4, 0.5) is 5.69 Å². The van der Waals surface area contributed by atoms with E-state index in [0.29, 0.717) is 10.2 Å². The molecule has 0 saturated carbocycles. The smallest absolute Gasteiger partial charge is 0.263 e. The van der Waals surface area contributed by atoms with Gasteiger partial charge in [-0.25, -0.2) is 8.42 Å². The second-order valence-electron chi connectivity index (χ2n) is 4.59. The van der Waals surface area contributed by atoms with Crippen LogP contribution in [0.3, 0.4) is 0 Å². The number of rotatable bonds is 4. The molecule has 0 saturated heterocycles. The van der Waals surface area contributed by atoms with Gasteiger partial charge in [-0.05, 0) is 64.7 Å². The number of hydrogen-bond acceptors (Lipinski definition) is 2. The van der Waals surface area contributed by atoms with Gasteiger partial charge >= 0.3 is 0 Å². The Morgan fingerprint density at radius 3 is 2.30 bits per heavy atom. The van der Waals surface area contributed by atoms with Crippen molar-refractivity contribution in [3.05, 3.63) is 58.1 Å². The summed E-state index contributed by atoms with van der Waals surface area (Å²) in [4.78, 5) is 0.239. The van der Waals surface area contributed by atoms with Crippen LogP contribution in [-0.4, -0.2) is 8.42 Å². The first-order valence-electron chi connectivity index (χ1n) is 6.30. The third-order valence-corrected chi connectivity index (χ3v) is 5.35. The lowest BCUT2D eigenvalue weighted by atomic mass is 10.2. The Morgan fingerprint density at radius 1 is 1.10 bits per heavy atom. The first-order valence-corrected chi connectivity index (χ1v) is 8.58. The van der Waals surface area contributed by atoms with Crippen LogP contribution < -0.4 is 4.72 Å². The Kier molecular flexibility index (Phi) is 4.50. The summed E-state index contributed by atoms with van der Waals surface area (Å²) in [6.07, 6.45) is 0.927. The monoisotopic (exact) mass is 353 g/mol. The minimum atomic E-state index is -3.58. The molecular weight excluding hydrogens is 338 g/mol. The number of anilines is 1. The molecular formula is C15H16BrNO2S. The molecule has 20 heavy (non-hydrogen) atoms. The molecule has 0 heterocycles. The summed E-state index contributed by atoms with van der Waals surface area (Å²) < 4.78 is 27.8. The average Bonchev–Trinajstić information content (AvgIpc) is 2.38. The van der Waals surface area contributed by atoms with Gasteiger partial charge in [0.1, 0.15) is 4.90 Å². The average molecular weight is 354 g/mol. The van der Waals surface area contributed by atoms with Crippen molar-refractivity contribution in [1.82, 2.24) is 0 Å². The first-order chi connectivity index (χ1) is 9.42. The Balaban J connectivity index is 2.30. The van der Waals surface area contributed by atoms with E-state index < -0.39 is 10.0 Å². The number of nitrogens with one attached hydrogen (secondary N) is 1. The van der Waals surface area contributed by atoms with Gasteiger partial charge in [0, 0.05) is 10.2 Å². The Labute approximate surface area is 128 Å². The van der Waals surface area contributed by atoms with Gasteiger partial charge in [-0.2, -0.15) is 0 Å². The van der Waals surface area contributed by atoms with Crippen molar-refractivity contribution in [1.29, 1.82) is 0 Å². The second-order valence-corrected chi connectivity index (χ2v) is 7.10. The molecule has 0 aliphatic carbocycles. The lowest BCUT2D eigenvalue weighted by Gasteiger charge is -2.10. The number of benzene rings is 2. The van der Waals surface area contributed by atoms with E-state index in [2.05, 4.69) is 27.6 Å². The largest absolute Gasteiger partial charge is 0.280 e. The summed E-state index contributed by atoms with van der Waals surface area (Å²) in [5.74, 6) is 0. The fourth-order valence-electron chi connectivity index (χ4n) is 1.84. The van der Waals surface area contributed by atoms with Crippen LogP contribution in [-0.2, 0) is 16.4 Å². The van der Waals surface area contributed by atoms with Crippen LogP contribution >= 0.6 is 15.9 Å². The molecule has 0 amide bonds. The predicted octanol–water partition coefficient (Wildman–Crippen LogP) is 4.12. The summed E-state index contributed by atoms with van der Waals surface area (Å²) in [5.41, 5.74) is 2.74. The van der Waals surface area contributed by atoms with E-state index in [9.17, 15) is 8.42 Å². The van der Waals surface area contributed by atoms with Crippen molar-refractivity contribution in [3.63, 3.8) is 0 Å². The molecule has 0 bridgehead atoms. The zero-order valence-corrected chi connectivity index (χ0v) is 13.8. The molecule has 2 aromatic rings. The molecule has 0 aliphatic heterocycles. The van der Waals surface area contributed by atoms with Crippen LogP contribution in [0.5, 0.6) is 0 Å². The lowest BCUT2D eigenvalue weighted by molar-refractivity contribution is 0.600. The van der Waals surface area contributed by atoms with Gasteiger partial charge in [-0.15, -0.1) is 0 Å². The number of aryl methyl sites for hydroxylation is 2. The van der Waals surface area contributed by atoms with Crippen molar-refractivity contribution in [2.45, 2.75) is 25.2 Å². The molecule has 5 heteroatoms. The minimum Gasteiger partial charge on any atom is -0.280 e. The highest BCUT2D eigenvalue weighted by Crippen LogP contribution is 2.25. The molecule has 0 unspecified atom stereocenters. The van der Waals surface area contributed by atoms with Crippen LogP contribution in [0, 0.1) is 6.92 Å². The first kappa shape index (κ1) is 15.1. The molecule has 0 aliphatic rings. The number of sulfonamides is 1. The van der Waals surface area contributed by atoms with Crippen LogP contribution in [0.15, 0.2) is 51.8 Å². The standard InChI is InChI=1S/C15H16BrNO2S/c1-3-12-5-7-13(8-6-12)17-20(18,19)15-9-4-11(2)10-14(15)16/h4-10,17H,3H2,1-2H3. The Morgan fingerprint density at radius 2 is 1.75 bits per heavy atom. The lowest BCUT2D eigenvalue weighted by Crippen LogP contribution is -2.13. The van der Waals surface area contributed by atoms with E-state index in [1.165, 1.54) is 5.56 Å². The molecule has 0 atom stereocenters. The Hall–Kier alpha value is -1.33. The zero-order valence-electron chi connectivity index (χ0n) is 11.4. The highest BCUT2D eigenvalue weighted by Gasteiger charge is 2.17. The molecule has 2 aromatic carbocycles. The van der Waals surface area contributed by atoms with Gasteiger partial charge in [-0.1, -0.05) is 25.1 Å². The van der Waals surface area contributed by atoms with Gasteiger partial charge in [0.15, 0.2) is 0 Å². The fraction of sp³-hybridized carbons (Fsp3) is 0.200. The van der Waals surface area contributed by atoms with Crippen molar-refractivity contribution in [2.75, 3.05) is 4.72 Å². The maximum Gasteiger partial charge on any atom is 0.263 e. The van der Waals surface area contributed by atoms with Crippen LogP contribution in [0.25, 0.3) is 0 Å². The molecule has 0 aromatic heterocycles. The summed E-state index contributed by atoms with van der Waals surface area (Å²) in [7, 11) is -3.58. The Bertz CT molecular complexity index is 709. The maximum absolute atomic E-state index is 12.3. The highest BCUT2D eigenvalue weighted by atomic mass is 79.9. The topological polar surface area (TPSA) is 46.2 Å². The van der Waals surface area contributed by atoms with Gasteiger partial charge < -0.3 is 0 Å². The summed E-state index contributed by atoms with van der Waals surface area (Å²) in [5, 5.41) is 0. The minimum absolute atomic E-state index is 0.239. The zero-order chi connectivity index (χ0) is 14.8. The van der Waals surface area contributed by atoms with Crippen molar-refractivity contribution in [3.8, 4) is 0 Å². The molecule has 106 valence electrons. The van der Waals surface area contributed by atoms with E-state index in [1.807, 2.05) is 19.1 Å². The number of hydrogen-bond donors (Lipinski definition) is 1. The van der Waals surface area contributed by atoms with Crippen molar-refractivity contribution < 1.29 is 8.42 Å². The van der Waals surface area contributed by atoms with Crippen LogP contribution in [0.1, 0.15) is 18.1 Å². The number of halogens is 1. The van der Waals surface area contributed by atoms with Gasteiger partial charge in [0.05, 0.1) is 0 Å². The van der Waals surface area contributed by atoms with E-state index in [1.54, 1.807) is 30.3 Å². The summed E-state index contributed by atoms with van der Waals surface area (Å²) in [6, 6.07) is 12.6. The van der Waals surface area contributed by atoms with E-state index in [0.717, 1.165) is 12.0 Å². The highest BCUT2D eigenvalue weighted by molar-refractivity contribution is 9.10. The third-order valence-electron chi connectivity index (χ3n) is 2.99. The SMILES string of the molecule is CCc1ccc(NS(=O)(=O)c2ccc(C)cc2Br)cc1. The van der Waals surface area contributed by atoms with E-state index in [4.69, 9.17) is 0 Å². The van der Waals surface area contributed by atoms with Gasteiger partial charge in [0.2, 0.25) is 0 Å². The van der Waals surface area contributed by atoms with Crippen molar-refractivity contribution in [2.24, 2.45) is 0 Å². The van der Waals surface area contributed by atoms with Gasteiger partial charge in [0.25, 0.3) is 10.0 Å². The molecule has 0 spiro atoms. The molecule has 0 radical (unpaired) electrons. The molecule has 3 nitrogen and oxygen atoms in total. The second kappa shape index (κ2) is 5.97. The predicted molar refractivity (Wildman–Crippen MR) is 85.5 cm³/mol. The third kappa shape index (κ3) is 3.41. The fourth-order valence-corrected chi connectivity index (χ4v) is 4.09. The van der Waals surface area contributed by atoms with Crippen molar-refractivity contribution >= 4 is 31.6 Å². The summed E-state index contributed by atoms with van der Waals surface area (Å²) >= 11 is 3.30. The molecule has 2 rings (SSSR count). The maximum atomic E-state index is 12.3. The van der Waals surface area contributed by atoms with Gasteiger partial charge in [-0.3, -0.25) is 4.72 Å². The normalized spacial score (nSPS) is 11.3.